The second-order valence-corrected chi connectivity index (χ2v) is 6.30. The Morgan fingerprint density at radius 2 is 1.88 bits per heavy atom. The predicted molar refractivity (Wildman–Crippen MR) is 95.2 cm³/mol. The molecule has 6 heteroatoms. The molecule has 1 fully saturated rings. The van der Waals surface area contributed by atoms with Gasteiger partial charge in [-0.2, -0.15) is 0 Å². The third kappa shape index (κ3) is 3.96. The van der Waals surface area contributed by atoms with Gasteiger partial charge in [0.05, 0.1) is 6.04 Å². The van der Waals surface area contributed by atoms with Crippen LogP contribution >= 0.6 is 0 Å². The lowest BCUT2D eigenvalue weighted by atomic mass is 10.1. The van der Waals surface area contributed by atoms with Gasteiger partial charge >= 0.3 is 6.03 Å². The summed E-state index contributed by atoms with van der Waals surface area (Å²) >= 11 is 0. The van der Waals surface area contributed by atoms with E-state index < -0.39 is 0 Å². The van der Waals surface area contributed by atoms with Gasteiger partial charge in [-0.15, -0.1) is 0 Å². The molecule has 25 heavy (non-hydrogen) atoms. The van der Waals surface area contributed by atoms with Crippen LogP contribution in [0.3, 0.4) is 0 Å². The highest BCUT2D eigenvalue weighted by Gasteiger charge is 2.31. The lowest BCUT2D eigenvalue weighted by Gasteiger charge is -2.18. The van der Waals surface area contributed by atoms with Crippen molar-refractivity contribution in [3.05, 3.63) is 59.4 Å². The number of hydrogen-bond donors (Lipinski definition) is 2. The molecule has 2 N–H and O–H groups in total. The van der Waals surface area contributed by atoms with Gasteiger partial charge in [-0.3, -0.25) is 4.79 Å². The molecule has 0 aromatic heterocycles. The number of amides is 3. The van der Waals surface area contributed by atoms with Crippen LogP contribution in [0.1, 0.15) is 17.5 Å². The van der Waals surface area contributed by atoms with Crippen molar-refractivity contribution in [2.24, 2.45) is 0 Å². The SMILES string of the molecule is Cc1ccc(C)c(NC(=O)NC2CC(=O)N(c3ccc(F)cc3)C2)c1. The van der Waals surface area contributed by atoms with Gasteiger partial charge in [-0.25, -0.2) is 9.18 Å². The van der Waals surface area contributed by atoms with Crippen molar-refractivity contribution in [3.8, 4) is 0 Å². The van der Waals surface area contributed by atoms with E-state index in [-0.39, 0.29) is 30.2 Å². The van der Waals surface area contributed by atoms with Crippen molar-refractivity contribution < 1.29 is 14.0 Å². The number of anilines is 2. The highest BCUT2D eigenvalue weighted by molar-refractivity contribution is 5.97. The molecule has 0 radical (unpaired) electrons. The summed E-state index contributed by atoms with van der Waals surface area (Å²) in [7, 11) is 0. The van der Waals surface area contributed by atoms with Crippen molar-refractivity contribution in [1.29, 1.82) is 0 Å². The van der Waals surface area contributed by atoms with Gasteiger partial charge in [-0.1, -0.05) is 12.1 Å². The largest absolute Gasteiger partial charge is 0.333 e. The molecular formula is C19H20FN3O2. The van der Waals surface area contributed by atoms with Crippen molar-refractivity contribution in [3.63, 3.8) is 0 Å². The fraction of sp³-hybridized carbons (Fsp3) is 0.263. The number of hydrogen-bond acceptors (Lipinski definition) is 2. The monoisotopic (exact) mass is 341 g/mol. The van der Waals surface area contributed by atoms with E-state index in [1.165, 1.54) is 12.1 Å². The molecule has 2 aromatic rings. The molecule has 1 unspecified atom stereocenters. The number of aryl methyl sites for hydroxylation is 2. The average molecular weight is 341 g/mol. The topological polar surface area (TPSA) is 61.4 Å². The molecule has 2 aromatic carbocycles. The fourth-order valence-corrected chi connectivity index (χ4v) is 2.89. The van der Waals surface area contributed by atoms with Gasteiger partial charge in [-0.05, 0) is 55.3 Å². The number of nitrogens with one attached hydrogen (secondary N) is 2. The number of urea groups is 1. The predicted octanol–water partition coefficient (Wildman–Crippen LogP) is 3.37. The standard InChI is InChI=1S/C19H20FN3O2/c1-12-3-4-13(2)17(9-12)22-19(25)21-15-10-18(24)23(11-15)16-7-5-14(20)6-8-16/h3-9,15H,10-11H2,1-2H3,(H2,21,22,25). The van der Waals surface area contributed by atoms with Gasteiger partial charge in [0, 0.05) is 24.3 Å². The second kappa shape index (κ2) is 6.93. The number of benzene rings is 2. The van der Waals surface area contributed by atoms with Crippen molar-refractivity contribution in [1.82, 2.24) is 5.32 Å². The third-order valence-electron chi connectivity index (χ3n) is 4.24. The summed E-state index contributed by atoms with van der Waals surface area (Å²) in [6.07, 6.45) is 0.220. The molecule has 1 aliphatic rings. The normalized spacial score (nSPS) is 16.8. The second-order valence-electron chi connectivity index (χ2n) is 6.30. The number of carbonyl (C=O) groups is 2. The highest BCUT2D eigenvalue weighted by atomic mass is 19.1. The van der Waals surface area contributed by atoms with Gasteiger partial charge in [0.15, 0.2) is 0 Å². The van der Waals surface area contributed by atoms with Crippen molar-refractivity contribution in [2.45, 2.75) is 26.3 Å². The van der Waals surface area contributed by atoms with Gasteiger partial charge in [0.1, 0.15) is 5.82 Å². The first-order chi connectivity index (χ1) is 11.9. The minimum atomic E-state index is -0.349. The lowest BCUT2D eigenvalue weighted by Crippen LogP contribution is -2.39. The molecule has 1 saturated heterocycles. The Hall–Kier alpha value is -2.89. The first-order valence-corrected chi connectivity index (χ1v) is 8.13. The summed E-state index contributed by atoms with van der Waals surface area (Å²) in [5.41, 5.74) is 3.40. The number of carbonyl (C=O) groups excluding carboxylic acids is 2. The van der Waals surface area contributed by atoms with E-state index in [9.17, 15) is 14.0 Å². The zero-order valence-corrected chi connectivity index (χ0v) is 14.2. The van der Waals surface area contributed by atoms with Gasteiger partial charge in [0.2, 0.25) is 5.91 Å². The van der Waals surface area contributed by atoms with Crippen LogP contribution < -0.4 is 15.5 Å². The Balaban J connectivity index is 1.62. The molecule has 1 atom stereocenters. The molecule has 0 spiro atoms. The first-order valence-electron chi connectivity index (χ1n) is 8.13. The number of nitrogens with zero attached hydrogens (tertiary/aromatic N) is 1. The molecule has 1 heterocycles. The summed E-state index contributed by atoms with van der Waals surface area (Å²) in [4.78, 5) is 26.0. The zero-order chi connectivity index (χ0) is 18.0. The summed E-state index contributed by atoms with van der Waals surface area (Å²) in [6, 6.07) is 11.0. The summed E-state index contributed by atoms with van der Waals surface area (Å²) in [5, 5.41) is 5.65. The molecule has 130 valence electrons. The Morgan fingerprint density at radius 3 is 2.60 bits per heavy atom. The summed E-state index contributed by atoms with van der Waals surface area (Å²) < 4.78 is 13.0. The Kier molecular flexibility index (Phi) is 4.70. The van der Waals surface area contributed by atoms with E-state index in [1.807, 2.05) is 32.0 Å². The van der Waals surface area contributed by atoms with E-state index in [0.717, 1.165) is 16.8 Å². The van der Waals surface area contributed by atoms with Crippen LogP contribution in [-0.2, 0) is 4.79 Å². The third-order valence-corrected chi connectivity index (χ3v) is 4.24. The van der Waals surface area contributed by atoms with E-state index in [2.05, 4.69) is 10.6 Å². The molecule has 5 nitrogen and oxygen atoms in total. The van der Waals surface area contributed by atoms with E-state index in [1.54, 1.807) is 17.0 Å². The van der Waals surface area contributed by atoms with Gasteiger partial charge < -0.3 is 15.5 Å². The van der Waals surface area contributed by atoms with Crippen LogP contribution in [0.5, 0.6) is 0 Å². The maximum atomic E-state index is 13.0. The molecular weight excluding hydrogens is 321 g/mol. The molecule has 3 amide bonds. The van der Waals surface area contributed by atoms with E-state index in [0.29, 0.717) is 12.2 Å². The maximum absolute atomic E-state index is 13.0. The lowest BCUT2D eigenvalue weighted by molar-refractivity contribution is -0.117. The summed E-state index contributed by atoms with van der Waals surface area (Å²) in [5.74, 6) is -0.443. The molecule has 1 aliphatic heterocycles. The van der Waals surface area contributed by atoms with Crippen molar-refractivity contribution >= 4 is 23.3 Å². The quantitative estimate of drug-likeness (QED) is 0.899. The van der Waals surface area contributed by atoms with Crippen LogP contribution in [-0.4, -0.2) is 24.5 Å². The minimum Gasteiger partial charge on any atom is -0.333 e. The molecule has 3 rings (SSSR count). The first kappa shape index (κ1) is 17.0. The van der Waals surface area contributed by atoms with Crippen LogP contribution in [0.2, 0.25) is 0 Å². The van der Waals surface area contributed by atoms with Crippen molar-refractivity contribution in [2.75, 3.05) is 16.8 Å². The average Bonchev–Trinajstić information content (AvgIpc) is 2.92. The highest BCUT2D eigenvalue weighted by Crippen LogP contribution is 2.22. The van der Waals surface area contributed by atoms with Crippen LogP contribution in [0.25, 0.3) is 0 Å². The Bertz CT molecular complexity index is 805. The zero-order valence-electron chi connectivity index (χ0n) is 14.2. The fourth-order valence-electron chi connectivity index (χ4n) is 2.89. The van der Waals surface area contributed by atoms with Crippen LogP contribution in [0.15, 0.2) is 42.5 Å². The molecule has 0 saturated carbocycles. The van der Waals surface area contributed by atoms with Gasteiger partial charge in [0.25, 0.3) is 0 Å². The summed E-state index contributed by atoms with van der Waals surface area (Å²) in [6.45, 7) is 4.24. The van der Waals surface area contributed by atoms with Crippen LogP contribution in [0.4, 0.5) is 20.6 Å². The molecule has 0 bridgehead atoms. The Morgan fingerprint density at radius 1 is 1.16 bits per heavy atom. The minimum absolute atomic E-state index is 0.0938. The molecule has 0 aliphatic carbocycles. The Labute approximate surface area is 145 Å². The van der Waals surface area contributed by atoms with E-state index in [4.69, 9.17) is 0 Å². The smallest absolute Gasteiger partial charge is 0.319 e. The van der Waals surface area contributed by atoms with Crippen LogP contribution in [0, 0.1) is 19.7 Å². The number of rotatable bonds is 3. The number of halogens is 1. The van der Waals surface area contributed by atoms with E-state index >= 15 is 0 Å². The maximum Gasteiger partial charge on any atom is 0.319 e.